The van der Waals surface area contributed by atoms with Crippen LogP contribution in [0.3, 0.4) is 0 Å². The lowest BCUT2D eigenvalue weighted by Crippen LogP contribution is -2.20. The molecular weight excluding hydrogens is 493 g/mol. The topological polar surface area (TPSA) is 132 Å². The van der Waals surface area contributed by atoms with Crippen LogP contribution in [0.4, 0.5) is 27.4 Å². The predicted molar refractivity (Wildman–Crippen MR) is 137 cm³/mol. The van der Waals surface area contributed by atoms with Gasteiger partial charge in [0.05, 0.1) is 62.3 Å². The van der Waals surface area contributed by atoms with E-state index in [2.05, 4.69) is 30.6 Å². The lowest BCUT2D eigenvalue weighted by Gasteiger charge is -2.19. The third-order valence-corrected chi connectivity index (χ3v) is 5.67. The van der Waals surface area contributed by atoms with E-state index in [4.69, 9.17) is 18.3 Å². The van der Waals surface area contributed by atoms with Crippen molar-refractivity contribution in [2.24, 2.45) is 0 Å². The van der Waals surface area contributed by atoms with Crippen LogP contribution in [0.1, 0.15) is 25.7 Å². The van der Waals surface area contributed by atoms with Crippen molar-refractivity contribution < 1.29 is 27.5 Å². The summed E-state index contributed by atoms with van der Waals surface area (Å²) in [5.74, 6) is 0.205. The van der Waals surface area contributed by atoms with Gasteiger partial charge in [0, 0.05) is 23.4 Å². The molecule has 0 fully saturated rings. The molecule has 0 saturated carbocycles. The average molecular weight is 521 g/mol. The molecule has 1 aromatic carbocycles. The molecular formula is C26H24FN7O4. The molecule has 4 aromatic rings. The summed E-state index contributed by atoms with van der Waals surface area (Å²) < 4.78 is 53.6. The van der Waals surface area contributed by atoms with Crippen molar-refractivity contribution in [3.05, 3.63) is 71.6 Å². The van der Waals surface area contributed by atoms with Gasteiger partial charge in [-0.05, 0) is 29.8 Å². The second kappa shape index (κ2) is 10.6. The van der Waals surface area contributed by atoms with E-state index in [0.717, 1.165) is 0 Å². The Morgan fingerprint density at radius 1 is 1.03 bits per heavy atom. The third-order valence-electron chi connectivity index (χ3n) is 5.67. The van der Waals surface area contributed by atoms with Crippen molar-refractivity contribution in [2.75, 3.05) is 31.8 Å². The fourth-order valence-corrected chi connectivity index (χ4v) is 3.88. The van der Waals surface area contributed by atoms with Gasteiger partial charge in [-0.25, -0.2) is 24.3 Å². The van der Waals surface area contributed by atoms with E-state index < -0.39 is 18.7 Å². The van der Waals surface area contributed by atoms with Gasteiger partial charge in [0.1, 0.15) is 23.1 Å². The molecule has 1 amide bonds. The molecule has 0 aliphatic carbocycles. The monoisotopic (exact) mass is 520 g/mol. The van der Waals surface area contributed by atoms with E-state index >= 15 is 0 Å². The maximum atomic E-state index is 14.5. The van der Waals surface area contributed by atoms with Crippen molar-refractivity contribution >= 4 is 28.9 Å². The largest absolute Gasteiger partial charge is 0.494 e. The van der Waals surface area contributed by atoms with Crippen molar-refractivity contribution in [3.8, 4) is 22.9 Å². The van der Waals surface area contributed by atoms with E-state index in [1.54, 1.807) is 12.1 Å². The summed E-state index contributed by atoms with van der Waals surface area (Å²) in [6.07, 6.45) is 4.22. The van der Waals surface area contributed by atoms with Crippen LogP contribution in [0.25, 0.3) is 11.4 Å². The summed E-state index contributed by atoms with van der Waals surface area (Å²) in [6.45, 7) is -2.80. The first kappa shape index (κ1) is 21.3. The van der Waals surface area contributed by atoms with Crippen molar-refractivity contribution in [1.29, 1.82) is 0 Å². The molecule has 4 heterocycles. The molecule has 3 aromatic heterocycles. The Kier molecular flexibility index (Phi) is 5.96. The minimum atomic E-state index is -2.73. The highest BCUT2D eigenvalue weighted by atomic mass is 19.1. The number of ether oxygens (including phenoxy) is 3. The number of nitrogens with one attached hydrogen (secondary N) is 3. The van der Waals surface area contributed by atoms with Gasteiger partial charge in [-0.3, -0.25) is 4.79 Å². The fourth-order valence-electron chi connectivity index (χ4n) is 3.88. The van der Waals surface area contributed by atoms with Crippen LogP contribution in [0.5, 0.6) is 11.5 Å². The number of benzene rings is 1. The standard InChI is InChI=1S/C26H24FN7O4/c1-28-26(35)17-11-29-23-8-19(17)32-20-7-14(12-38-13-21-18(27)4-5-22(33-21)34-23)6-16(24(20)37-3)25-30-9-15(36-2)10-31-25/h4-11,32H,12-13H2,1-3H3,(H,28,35)(H,29,33,34)/i1D3. The van der Waals surface area contributed by atoms with Crippen LogP contribution in [0.15, 0.2) is 48.9 Å². The van der Waals surface area contributed by atoms with Gasteiger partial charge in [0.2, 0.25) is 0 Å². The molecule has 0 saturated heterocycles. The van der Waals surface area contributed by atoms with Gasteiger partial charge in [-0.2, -0.15) is 0 Å². The van der Waals surface area contributed by atoms with Crippen LogP contribution < -0.4 is 25.4 Å². The summed E-state index contributed by atoms with van der Waals surface area (Å²) in [7, 11) is 2.96. The van der Waals surface area contributed by atoms with Gasteiger partial charge in [0.15, 0.2) is 17.3 Å². The number of fused-ring (bicyclic) bond motifs is 6. The first-order valence-electron chi connectivity index (χ1n) is 12.8. The Hall–Kier alpha value is -4.84. The quantitative estimate of drug-likeness (QED) is 0.363. The Bertz CT molecular complexity index is 1600. The number of pyridine rings is 2. The Balaban J connectivity index is 1.68. The first-order valence-corrected chi connectivity index (χ1v) is 11.3. The lowest BCUT2D eigenvalue weighted by atomic mass is 10.1. The minimum absolute atomic E-state index is 0.0502. The van der Waals surface area contributed by atoms with Crippen molar-refractivity contribution in [2.45, 2.75) is 13.2 Å². The van der Waals surface area contributed by atoms with Crippen molar-refractivity contribution in [1.82, 2.24) is 25.3 Å². The van der Waals surface area contributed by atoms with Crippen LogP contribution >= 0.6 is 0 Å². The average Bonchev–Trinajstić information content (AvgIpc) is 2.93. The zero-order valence-electron chi connectivity index (χ0n) is 23.3. The molecule has 12 heteroatoms. The molecule has 3 N–H and O–H groups in total. The highest BCUT2D eigenvalue weighted by molar-refractivity contribution is 6.00. The first-order chi connectivity index (χ1) is 19.6. The SMILES string of the molecule is [2H]C([2H])([2H])NC(=O)c1cnc2cc1Nc1cc(cc(-c3ncc(OC)cn3)c1OC)COCc1nc(ccc1F)N2. The zero-order chi connectivity index (χ0) is 29.1. The van der Waals surface area contributed by atoms with E-state index in [1.807, 2.05) is 5.32 Å². The highest BCUT2D eigenvalue weighted by Crippen LogP contribution is 2.39. The smallest absolute Gasteiger partial charge is 0.254 e. The van der Waals surface area contributed by atoms with Crippen molar-refractivity contribution in [3.63, 3.8) is 0 Å². The molecule has 0 atom stereocenters. The molecule has 0 unspecified atom stereocenters. The normalized spacial score (nSPS) is 13.9. The summed E-state index contributed by atoms with van der Waals surface area (Å²) >= 11 is 0. The van der Waals surface area contributed by atoms with Gasteiger partial charge in [-0.15, -0.1) is 0 Å². The molecule has 194 valence electrons. The summed E-state index contributed by atoms with van der Waals surface area (Å²) in [4.78, 5) is 30.2. The third kappa shape index (κ3) is 5.02. The summed E-state index contributed by atoms with van der Waals surface area (Å²) in [5.41, 5.74) is 1.73. The Morgan fingerprint density at radius 3 is 2.63 bits per heavy atom. The van der Waals surface area contributed by atoms with Gasteiger partial charge in [0.25, 0.3) is 5.91 Å². The second-order valence-electron chi connectivity index (χ2n) is 8.11. The Labute approximate surface area is 221 Å². The number of amides is 1. The molecule has 38 heavy (non-hydrogen) atoms. The predicted octanol–water partition coefficient (Wildman–Crippen LogP) is 3.97. The molecule has 1 aliphatic heterocycles. The number of nitrogens with zero attached hydrogens (tertiary/aromatic N) is 4. The van der Waals surface area contributed by atoms with Gasteiger partial charge < -0.3 is 30.2 Å². The fraction of sp³-hybridized carbons (Fsp3) is 0.192. The molecule has 0 radical (unpaired) electrons. The molecule has 0 spiro atoms. The van der Waals surface area contributed by atoms with Gasteiger partial charge >= 0.3 is 0 Å². The number of carbonyl (C=O) groups excluding carboxylic acids is 1. The molecule has 6 bridgehead atoms. The van der Waals surface area contributed by atoms with Gasteiger partial charge in [-0.1, -0.05) is 0 Å². The number of hydrogen-bond acceptors (Lipinski definition) is 10. The van der Waals surface area contributed by atoms with E-state index in [1.165, 1.54) is 51.0 Å². The summed E-state index contributed by atoms with van der Waals surface area (Å²) in [5, 5.41) is 8.12. The van der Waals surface area contributed by atoms with Crippen LogP contribution in [-0.4, -0.2) is 47.0 Å². The van der Waals surface area contributed by atoms with E-state index in [9.17, 15) is 9.18 Å². The second-order valence-corrected chi connectivity index (χ2v) is 8.11. The molecule has 11 nitrogen and oxygen atoms in total. The van der Waals surface area contributed by atoms with E-state index in [0.29, 0.717) is 34.1 Å². The van der Waals surface area contributed by atoms with Crippen LogP contribution in [-0.2, 0) is 18.0 Å². The number of anilines is 4. The highest BCUT2D eigenvalue weighted by Gasteiger charge is 2.20. The summed E-state index contributed by atoms with van der Waals surface area (Å²) in [6, 6.07) is 7.66. The maximum absolute atomic E-state index is 14.5. The number of rotatable bonds is 4. The maximum Gasteiger partial charge on any atom is 0.254 e. The van der Waals surface area contributed by atoms with E-state index in [-0.39, 0.29) is 41.8 Å². The number of carbonyl (C=O) groups is 1. The van der Waals surface area contributed by atoms with Crippen LogP contribution in [0, 0.1) is 5.82 Å². The number of hydrogen-bond donors (Lipinski definition) is 3. The lowest BCUT2D eigenvalue weighted by molar-refractivity contribution is 0.0963. The number of aromatic nitrogens is 4. The number of halogens is 1. The van der Waals surface area contributed by atoms with Crippen LogP contribution in [0.2, 0.25) is 0 Å². The Morgan fingerprint density at radius 2 is 1.87 bits per heavy atom. The minimum Gasteiger partial charge on any atom is -0.494 e. The zero-order valence-corrected chi connectivity index (χ0v) is 20.3. The number of methoxy groups -OCH3 is 2. The molecule has 1 aliphatic rings. The molecule has 5 rings (SSSR count).